The highest BCUT2D eigenvalue weighted by molar-refractivity contribution is 5.56. The van der Waals surface area contributed by atoms with Crippen molar-refractivity contribution in [1.29, 1.82) is 5.26 Å². The summed E-state index contributed by atoms with van der Waals surface area (Å²) in [4.78, 5) is 3.92. The summed E-state index contributed by atoms with van der Waals surface area (Å²) in [7, 11) is 0. The zero-order valence-corrected chi connectivity index (χ0v) is 9.34. The van der Waals surface area contributed by atoms with Gasteiger partial charge in [-0.05, 0) is 36.8 Å². The Morgan fingerprint density at radius 2 is 2.12 bits per heavy atom. The van der Waals surface area contributed by atoms with E-state index in [1.807, 2.05) is 25.1 Å². The second-order valence-electron chi connectivity index (χ2n) is 3.61. The SMILES string of the molecule is Cc1ccc(N)c(Oc2cccnc2C#N)c1. The Morgan fingerprint density at radius 3 is 2.88 bits per heavy atom. The molecule has 1 heterocycles. The van der Waals surface area contributed by atoms with E-state index in [2.05, 4.69) is 4.98 Å². The van der Waals surface area contributed by atoms with Crippen LogP contribution in [-0.2, 0) is 0 Å². The average molecular weight is 225 g/mol. The smallest absolute Gasteiger partial charge is 0.183 e. The average Bonchev–Trinajstić information content (AvgIpc) is 2.34. The summed E-state index contributed by atoms with van der Waals surface area (Å²) < 4.78 is 5.60. The molecule has 0 aliphatic rings. The fourth-order valence-corrected chi connectivity index (χ4v) is 1.41. The molecule has 0 amide bonds. The molecule has 0 bridgehead atoms. The molecule has 0 saturated heterocycles. The Morgan fingerprint density at radius 1 is 1.29 bits per heavy atom. The van der Waals surface area contributed by atoms with Gasteiger partial charge in [-0.15, -0.1) is 0 Å². The number of nitriles is 1. The van der Waals surface area contributed by atoms with Gasteiger partial charge in [-0.1, -0.05) is 6.07 Å². The maximum Gasteiger partial charge on any atom is 0.183 e. The molecule has 1 aromatic heterocycles. The van der Waals surface area contributed by atoms with Crippen molar-refractivity contribution in [1.82, 2.24) is 4.98 Å². The van der Waals surface area contributed by atoms with E-state index < -0.39 is 0 Å². The minimum atomic E-state index is 0.244. The van der Waals surface area contributed by atoms with Crippen LogP contribution in [0.15, 0.2) is 36.5 Å². The normalized spacial score (nSPS) is 9.65. The lowest BCUT2D eigenvalue weighted by Gasteiger charge is -2.09. The first-order valence-corrected chi connectivity index (χ1v) is 5.10. The number of ether oxygens (including phenoxy) is 1. The van der Waals surface area contributed by atoms with Gasteiger partial charge in [-0.25, -0.2) is 4.98 Å². The quantitative estimate of drug-likeness (QED) is 0.797. The van der Waals surface area contributed by atoms with Crippen LogP contribution < -0.4 is 10.5 Å². The van der Waals surface area contributed by atoms with Crippen LogP contribution in [0.5, 0.6) is 11.5 Å². The molecule has 0 aliphatic heterocycles. The van der Waals surface area contributed by atoms with E-state index in [4.69, 9.17) is 15.7 Å². The number of pyridine rings is 1. The first kappa shape index (κ1) is 11.0. The molecule has 4 heteroatoms. The van der Waals surface area contributed by atoms with Gasteiger partial charge in [-0.3, -0.25) is 0 Å². The number of benzene rings is 1. The van der Waals surface area contributed by atoms with E-state index in [0.717, 1.165) is 5.56 Å². The van der Waals surface area contributed by atoms with Crippen LogP contribution in [0.1, 0.15) is 11.3 Å². The number of hydrogen-bond acceptors (Lipinski definition) is 4. The molecule has 2 N–H and O–H groups in total. The number of anilines is 1. The van der Waals surface area contributed by atoms with E-state index in [0.29, 0.717) is 17.2 Å². The van der Waals surface area contributed by atoms with Crippen molar-refractivity contribution in [2.75, 3.05) is 5.73 Å². The molecule has 1 aromatic carbocycles. The number of hydrogen-bond donors (Lipinski definition) is 1. The lowest BCUT2D eigenvalue weighted by atomic mass is 10.2. The highest BCUT2D eigenvalue weighted by Crippen LogP contribution is 2.29. The molecule has 0 aliphatic carbocycles. The van der Waals surface area contributed by atoms with Gasteiger partial charge < -0.3 is 10.5 Å². The zero-order chi connectivity index (χ0) is 12.3. The Labute approximate surface area is 99.3 Å². The molecule has 2 rings (SSSR count). The topological polar surface area (TPSA) is 71.9 Å². The van der Waals surface area contributed by atoms with Crippen LogP contribution in [0, 0.1) is 18.3 Å². The standard InChI is InChI=1S/C13H11N3O/c1-9-4-5-10(15)13(7-9)17-12-3-2-6-16-11(12)8-14/h2-7H,15H2,1H3. The maximum atomic E-state index is 8.90. The molecule has 84 valence electrons. The number of nitrogen functional groups attached to an aromatic ring is 1. The molecule has 0 saturated carbocycles. The van der Waals surface area contributed by atoms with E-state index >= 15 is 0 Å². The fourth-order valence-electron chi connectivity index (χ4n) is 1.41. The predicted molar refractivity (Wildman–Crippen MR) is 64.6 cm³/mol. The molecule has 2 aromatic rings. The van der Waals surface area contributed by atoms with Crippen molar-refractivity contribution in [3.8, 4) is 17.6 Å². The van der Waals surface area contributed by atoms with Crippen LogP contribution in [0.4, 0.5) is 5.69 Å². The number of rotatable bonds is 2. The summed E-state index contributed by atoms with van der Waals surface area (Å²) in [5, 5.41) is 8.90. The molecular formula is C13H11N3O. The van der Waals surface area contributed by atoms with Crippen LogP contribution in [0.25, 0.3) is 0 Å². The van der Waals surface area contributed by atoms with Gasteiger partial charge in [0, 0.05) is 6.20 Å². The van der Waals surface area contributed by atoms with Crippen molar-refractivity contribution >= 4 is 5.69 Å². The highest BCUT2D eigenvalue weighted by Gasteiger charge is 2.07. The number of nitrogens with zero attached hydrogens (tertiary/aromatic N) is 2. The summed E-state index contributed by atoms with van der Waals surface area (Å²) in [6.45, 7) is 1.95. The predicted octanol–water partition coefficient (Wildman–Crippen LogP) is 2.64. The van der Waals surface area contributed by atoms with Gasteiger partial charge in [0.05, 0.1) is 5.69 Å². The second kappa shape index (κ2) is 4.54. The van der Waals surface area contributed by atoms with Crippen molar-refractivity contribution in [3.05, 3.63) is 47.8 Å². The van der Waals surface area contributed by atoms with Gasteiger partial charge in [0.25, 0.3) is 0 Å². The summed E-state index contributed by atoms with van der Waals surface area (Å²) in [5.74, 6) is 0.946. The Balaban J connectivity index is 2.38. The monoisotopic (exact) mass is 225 g/mol. The van der Waals surface area contributed by atoms with Crippen LogP contribution in [0.3, 0.4) is 0 Å². The molecule has 17 heavy (non-hydrogen) atoms. The fraction of sp³-hybridized carbons (Fsp3) is 0.0769. The number of nitrogens with two attached hydrogens (primary N) is 1. The lowest BCUT2D eigenvalue weighted by Crippen LogP contribution is -1.95. The number of aromatic nitrogens is 1. The highest BCUT2D eigenvalue weighted by atomic mass is 16.5. The van der Waals surface area contributed by atoms with Gasteiger partial charge in [0.2, 0.25) is 0 Å². The van der Waals surface area contributed by atoms with Gasteiger partial charge >= 0.3 is 0 Å². The van der Waals surface area contributed by atoms with Crippen LogP contribution in [0.2, 0.25) is 0 Å². The third-order valence-electron chi connectivity index (χ3n) is 2.27. The maximum absolute atomic E-state index is 8.90. The summed E-state index contributed by atoms with van der Waals surface area (Å²) >= 11 is 0. The van der Waals surface area contributed by atoms with E-state index in [1.165, 1.54) is 0 Å². The number of aryl methyl sites for hydroxylation is 1. The molecule has 0 radical (unpaired) electrons. The Kier molecular flexibility index (Phi) is 2.93. The van der Waals surface area contributed by atoms with E-state index in [1.54, 1.807) is 24.4 Å². The molecule has 0 fully saturated rings. The third kappa shape index (κ3) is 2.34. The van der Waals surface area contributed by atoms with Crippen molar-refractivity contribution < 1.29 is 4.74 Å². The van der Waals surface area contributed by atoms with Gasteiger partial charge in [0.1, 0.15) is 6.07 Å². The third-order valence-corrected chi connectivity index (χ3v) is 2.27. The first-order chi connectivity index (χ1) is 8.20. The van der Waals surface area contributed by atoms with Gasteiger partial charge in [0.15, 0.2) is 17.2 Å². The minimum absolute atomic E-state index is 0.244. The van der Waals surface area contributed by atoms with Crippen LogP contribution in [-0.4, -0.2) is 4.98 Å². The lowest BCUT2D eigenvalue weighted by molar-refractivity contribution is 0.480. The zero-order valence-electron chi connectivity index (χ0n) is 9.34. The largest absolute Gasteiger partial charge is 0.452 e. The van der Waals surface area contributed by atoms with Crippen molar-refractivity contribution in [2.45, 2.75) is 6.92 Å². The molecule has 0 atom stereocenters. The molecule has 0 unspecified atom stereocenters. The molecule has 4 nitrogen and oxygen atoms in total. The summed E-state index contributed by atoms with van der Waals surface area (Å²) in [6.07, 6.45) is 1.55. The van der Waals surface area contributed by atoms with Crippen LogP contribution >= 0.6 is 0 Å². The van der Waals surface area contributed by atoms with Gasteiger partial charge in [-0.2, -0.15) is 5.26 Å². The van der Waals surface area contributed by atoms with Crippen molar-refractivity contribution in [2.24, 2.45) is 0 Å². The minimum Gasteiger partial charge on any atom is -0.452 e. The first-order valence-electron chi connectivity index (χ1n) is 5.10. The Hall–Kier alpha value is -2.54. The van der Waals surface area contributed by atoms with E-state index in [9.17, 15) is 0 Å². The summed E-state index contributed by atoms with van der Waals surface area (Å²) in [6, 6.07) is 10.9. The molecule has 0 spiro atoms. The molecular weight excluding hydrogens is 214 g/mol. The van der Waals surface area contributed by atoms with E-state index in [-0.39, 0.29) is 5.69 Å². The van der Waals surface area contributed by atoms with Crippen molar-refractivity contribution in [3.63, 3.8) is 0 Å². The Bertz CT molecular complexity index is 587. The second-order valence-corrected chi connectivity index (χ2v) is 3.61. The summed E-state index contributed by atoms with van der Waals surface area (Å²) in [5.41, 5.74) is 7.61.